The molecule has 0 radical (unpaired) electrons. The molecule has 12 heteroatoms. The van der Waals surface area contributed by atoms with Crippen LogP contribution in [0.25, 0.3) is 0 Å². The summed E-state index contributed by atoms with van der Waals surface area (Å²) in [4.78, 5) is 58.0. The highest BCUT2D eigenvalue weighted by molar-refractivity contribution is 6.12. The van der Waals surface area contributed by atoms with E-state index in [-0.39, 0.29) is 63.2 Å². The average Bonchev–Trinajstić information content (AvgIpc) is 3.09. The van der Waals surface area contributed by atoms with Crippen molar-refractivity contribution in [3.63, 3.8) is 0 Å². The number of nitrogens with one attached hydrogen (secondary N) is 3. The lowest BCUT2D eigenvalue weighted by atomic mass is 10.2. The Morgan fingerprint density at radius 1 is 0.844 bits per heavy atom. The van der Waals surface area contributed by atoms with Crippen LogP contribution in [0, 0.1) is 0 Å². The van der Waals surface area contributed by atoms with Gasteiger partial charge in [0.1, 0.15) is 13.2 Å². The number of carbonyl (C=O) groups excluding carboxylic acids is 5. The molecule has 0 spiro atoms. The molecule has 0 aromatic rings. The largest absolute Gasteiger partial charge is 0.447 e. The topological polar surface area (TPSA) is 152 Å². The number of ether oxygens (including phenoxy) is 3. The van der Waals surface area contributed by atoms with E-state index in [9.17, 15) is 24.0 Å². The molecule has 0 aliphatic carbocycles. The Morgan fingerprint density at radius 3 is 2.25 bits per heavy atom. The lowest BCUT2D eigenvalue weighted by Gasteiger charge is -2.13. The van der Waals surface area contributed by atoms with Crippen molar-refractivity contribution < 1.29 is 38.2 Å². The maximum Gasteiger partial charge on any atom is 0.407 e. The van der Waals surface area contributed by atoms with Crippen LogP contribution in [-0.4, -0.2) is 94.3 Å². The van der Waals surface area contributed by atoms with E-state index < -0.39 is 6.09 Å². The Balaban J connectivity index is 1.85. The van der Waals surface area contributed by atoms with Crippen LogP contribution in [0.5, 0.6) is 0 Å². The van der Waals surface area contributed by atoms with Gasteiger partial charge in [-0.3, -0.25) is 24.1 Å². The minimum Gasteiger partial charge on any atom is -0.447 e. The second-order valence-corrected chi connectivity index (χ2v) is 6.72. The van der Waals surface area contributed by atoms with E-state index in [0.717, 1.165) is 6.42 Å². The first-order valence-electron chi connectivity index (χ1n) is 10.5. The quantitative estimate of drug-likeness (QED) is 0.188. The molecule has 0 unspecified atom stereocenters. The summed E-state index contributed by atoms with van der Waals surface area (Å²) >= 11 is 0. The summed E-state index contributed by atoms with van der Waals surface area (Å²) in [7, 11) is 1.50. The van der Waals surface area contributed by atoms with Crippen molar-refractivity contribution in [1.82, 2.24) is 20.9 Å². The first kappa shape index (κ1) is 27.0. The number of rotatable bonds is 17. The molecule has 12 nitrogen and oxygen atoms in total. The third kappa shape index (κ3) is 12.6. The summed E-state index contributed by atoms with van der Waals surface area (Å²) in [5.41, 5.74) is 0. The number of carbonyl (C=O) groups is 5. The van der Waals surface area contributed by atoms with Gasteiger partial charge in [-0.25, -0.2) is 4.79 Å². The summed E-state index contributed by atoms with van der Waals surface area (Å²) < 4.78 is 15.2. The molecule has 0 atom stereocenters. The molecule has 1 aliphatic rings. The third-order valence-corrected chi connectivity index (χ3v) is 4.24. The molecule has 1 aliphatic heterocycles. The predicted octanol–water partition coefficient (Wildman–Crippen LogP) is -0.907. The molecule has 0 bridgehead atoms. The smallest absolute Gasteiger partial charge is 0.407 e. The number of nitrogens with zero attached hydrogens (tertiary/aromatic N) is 1. The van der Waals surface area contributed by atoms with Gasteiger partial charge in [-0.1, -0.05) is 6.42 Å². The van der Waals surface area contributed by atoms with Gasteiger partial charge in [0.05, 0.1) is 19.8 Å². The lowest BCUT2D eigenvalue weighted by Crippen LogP contribution is -2.31. The van der Waals surface area contributed by atoms with Gasteiger partial charge in [-0.15, -0.1) is 0 Å². The van der Waals surface area contributed by atoms with Crippen molar-refractivity contribution in [3.05, 3.63) is 12.2 Å². The van der Waals surface area contributed by atoms with Gasteiger partial charge in [0.15, 0.2) is 0 Å². The zero-order valence-corrected chi connectivity index (χ0v) is 18.4. The van der Waals surface area contributed by atoms with E-state index >= 15 is 0 Å². The van der Waals surface area contributed by atoms with Crippen LogP contribution < -0.4 is 16.0 Å². The number of imide groups is 1. The van der Waals surface area contributed by atoms with Crippen molar-refractivity contribution in [2.24, 2.45) is 0 Å². The molecular weight excluding hydrogens is 424 g/mol. The second-order valence-electron chi connectivity index (χ2n) is 6.72. The zero-order valence-electron chi connectivity index (χ0n) is 18.4. The molecule has 1 rings (SSSR count). The van der Waals surface area contributed by atoms with Gasteiger partial charge in [0.25, 0.3) is 11.8 Å². The van der Waals surface area contributed by atoms with Crippen LogP contribution in [0.15, 0.2) is 12.2 Å². The maximum atomic E-state index is 11.7. The summed E-state index contributed by atoms with van der Waals surface area (Å²) in [5.74, 6) is -0.923. The van der Waals surface area contributed by atoms with E-state index in [2.05, 4.69) is 16.0 Å². The lowest BCUT2D eigenvalue weighted by molar-refractivity contribution is -0.137. The van der Waals surface area contributed by atoms with Crippen molar-refractivity contribution in [2.75, 3.05) is 59.7 Å². The molecule has 0 aromatic carbocycles. The average molecular weight is 456 g/mol. The molecule has 0 fully saturated rings. The summed E-state index contributed by atoms with van der Waals surface area (Å²) in [5, 5.41) is 7.61. The van der Waals surface area contributed by atoms with Gasteiger partial charge in [-0.2, -0.15) is 0 Å². The SMILES string of the molecule is CNC(=O)COCCNC(=O)OCCOCCNC(=O)CCCCCN1C(=O)C=CC1=O. The van der Waals surface area contributed by atoms with Crippen LogP contribution in [0.4, 0.5) is 4.79 Å². The van der Waals surface area contributed by atoms with Gasteiger partial charge >= 0.3 is 6.09 Å². The van der Waals surface area contributed by atoms with Crippen LogP contribution in [0.1, 0.15) is 25.7 Å². The standard InChI is InChI=1S/C20H32N4O8/c1-21-17(26)15-31-12-9-23-20(29)32-14-13-30-11-8-22-16(25)5-3-2-4-10-24-18(27)6-7-19(24)28/h6-7H,2-5,8-15H2,1H3,(H,21,26)(H,22,25)(H,23,29). The minimum atomic E-state index is -0.611. The second kappa shape index (κ2) is 16.7. The number of hydrogen-bond donors (Lipinski definition) is 3. The first-order valence-corrected chi connectivity index (χ1v) is 10.5. The number of hydrogen-bond acceptors (Lipinski definition) is 8. The Hall–Kier alpha value is -2.99. The number of alkyl carbamates (subject to hydrolysis) is 1. The molecule has 3 N–H and O–H groups in total. The van der Waals surface area contributed by atoms with E-state index in [0.29, 0.717) is 32.4 Å². The van der Waals surface area contributed by atoms with Crippen LogP contribution >= 0.6 is 0 Å². The van der Waals surface area contributed by atoms with Gasteiger partial charge in [-0.05, 0) is 12.8 Å². The Morgan fingerprint density at radius 2 is 1.53 bits per heavy atom. The number of likely N-dealkylation sites (N-methyl/N-ethyl adjacent to an activating group) is 1. The number of amides is 5. The Bertz CT molecular complexity index is 650. The Labute approximate surface area is 187 Å². The van der Waals surface area contributed by atoms with E-state index in [1.807, 2.05) is 0 Å². The van der Waals surface area contributed by atoms with Crippen LogP contribution in [0.2, 0.25) is 0 Å². The van der Waals surface area contributed by atoms with E-state index in [1.54, 1.807) is 0 Å². The third-order valence-electron chi connectivity index (χ3n) is 4.24. The van der Waals surface area contributed by atoms with Crippen molar-refractivity contribution in [3.8, 4) is 0 Å². The highest BCUT2D eigenvalue weighted by Gasteiger charge is 2.22. The van der Waals surface area contributed by atoms with E-state index in [1.165, 1.54) is 24.1 Å². The molecule has 0 aromatic heterocycles. The Kier molecular flexibility index (Phi) is 14.1. The zero-order chi connectivity index (χ0) is 23.6. The van der Waals surface area contributed by atoms with Gasteiger partial charge < -0.3 is 30.2 Å². The fourth-order valence-electron chi connectivity index (χ4n) is 2.54. The highest BCUT2D eigenvalue weighted by Crippen LogP contribution is 2.07. The predicted molar refractivity (Wildman–Crippen MR) is 112 cm³/mol. The fourth-order valence-corrected chi connectivity index (χ4v) is 2.54. The molecule has 1 heterocycles. The monoisotopic (exact) mass is 456 g/mol. The molecule has 5 amide bonds. The van der Waals surface area contributed by atoms with Crippen molar-refractivity contribution >= 4 is 29.7 Å². The summed E-state index contributed by atoms with van der Waals surface area (Å²) in [6.45, 7) is 1.59. The van der Waals surface area contributed by atoms with Crippen molar-refractivity contribution in [1.29, 1.82) is 0 Å². The molecule has 0 saturated heterocycles. The maximum absolute atomic E-state index is 11.7. The van der Waals surface area contributed by atoms with Crippen LogP contribution in [0.3, 0.4) is 0 Å². The normalized spacial score (nSPS) is 12.7. The van der Waals surface area contributed by atoms with Gasteiger partial charge in [0.2, 0.25) is 11.8 Å². The molecule has 0 saturated carbocycles. The minimum absolute atomic E-state index is 0.0659. The molecule has 32 heavy (non-hydrogen) atoms. The van der Waals surface area contributed by atoms with Crippen LogP contribution in [-0.2, 0) is 33.4 Å². The summed E-state index contributed by atoms with van der Waals surface area (Å²) in [6, 6.07) is 0. The van der Waals surface area contributed by atoms with Gasteiger partial charge in [0, 0.05) is 45.3 Å². The first-order chi connectivity index (χ1) is 15.4. The molecular formula is C20H32N4O8. The number of unbranched alkanes of at least 4 members (excludes halogenated alkanes) is 2. The summed E-state index contributed by atoms with van der Waals surface area (Å²) in [6.07, 6.45) is 4.32. The highest BCUT2D eigenvalue weighted by atomic mass is 16.6. The fraction of sp³-hybridized carbons (Fsp3) is 0.650. The van der Waals surface area contributed by atoms with E-state index in [4.69, 9.17) is 14.2 Å². The van der Waals surface area contributed by atoms with Crippen molar-refractivity contribution in [2.45, 2.75) is 25.7 Å². The molecule has 180 valence electrons.